The average Bonchev–Trinajstić information content (AvgIpc) is 2.63. The molecule has 2 atom stereocenters. The van der Waals surface area contributed by atoms with Crippen molar-refractivity contribution in [1.82, 2.24) is 14.8 Å². The normalized spacial score (nSPS) is 24.2. The highest BCUT2D eigenvalue weighted by atomic mass is 16.2. The number of benzene rings is 1. The lowest BCUT2D eigenvalue weighted by molar-refractivity contribution is -0.146. The lowest BCUT2D eigenvalue weighted by Gasteiger charge is -2.46. The summed E-state index contributed by atoms with van der Waals surface area (Å²) in [5.74, 6) is 0.931. The number of carbonyl (C=O) groups excluding carboxylic acids is 1. The number of fused-ring (bicyclic) bond motifs is 2. The van der Waals surface area contributed by atoms with Crippen LogP contribution in [0.5, 0.6) is 0 Å². The molecule has 0 unspecified atom stereocenters. The number of nitrogens with zero attached hydrogens (tertiary/aromatic N) is 3. The highest BCUT2D eigenvalue weighted by Gasteiger charge is 2.40. The molecule has 0 spiro atoms. The quantitative estimate of drug-likeness (QED) is 0.869. The standard InChI is InChI=1S/C20H23N3O/c24-20-19-11-17(14-23(20)13-16-5-2-1-3-6-16)8-10-22(19)15-18-7-4-9-21-12-18/h1-7,9,12,17,19H,8,10-11,13-15H2/t17-,19+/m0/s1. The fraction of sp³-hybridized carbons (Fsp3) is 0.400. The Morgan fingerprint density at radius 2 is 1.88 bits per heavy atom. The maximum absolute atomic E-state index is 13.0. The van der Waals surface area contributed by atoms with Crippen LogP contribution < -0.4 is 0 Å². The van der Waals surface area contributed by atoms with E-state index in [1.807, 2.05) is 30.5 Å². The number of hydrogen-bond donors (Lipinski definition) is 0. The van der Waals surface area contributed by atoms with Crippen molar-refractivity contribution in [3.8, 4) is 0 Å². The molecule has 0 N–H and O–H groups in total. The average molecular weight is 321 g/mol. The lowest BCUT2D eigenvalue weighted by Crippen LogP contribution is -2.58. The van der Waals surface area contributed by atoms with Gasteiger partial charge in [-0.2, -0.15) is 0 Å². The summed E-state index contributed by atoms with van der Waals surface area (Å²) < 4.78 is 0. The number of rotatable bonds is 4. The summed E-state index contributed by atoms with van der Waals surface area (Å²) in [6, 6.07) is 14.4. The molecule has 3 heterocycles. The third kappa shape index (κ3) is 3.20. The molecule has 1 aromatic heterocycles. The molecule has 4 rings (SSSR count). The smallest absolute Gasteiger partial charge is 0.240 e. The summed E-state index contributed by atoms with van der Waals surface area (Å²) in [4.78, 5) is 21.6. The Morgan fingerprint density at radius 3 is 2.67 bits per heavy atom. The van der Waals surface area contributed by atoms with E-state index in [2.05, 4.69) is 33.0 Å². The molecule has 0 aliphatic carbocycles. The van der Waals surface area contributed by atoms with Crippen molar-refractivity contribution >= 4 is 5.91 Å². The van der Waals surface area contributed by atoms with Crippen LogP contribution in [0.25, 0.3) is 0 Å². The van der Waals surface area contributed by atoms with Gasteiger partial charge in [0.1, 0.15) is 0 Å². The van der Waals surface area contributed by atoms with Crippen molar-refractivity contribution in [2.45, 2.75) is 32.0 Å². The minimum atomic E-state index is 0.0291. The van der Waals surface area contributed by atoms with Crippen LogP contribution in [0.1, 0.15) is 24.0 Å². The largest absolute Gasteiger partial charge is 0.337 e. The molecule has 2 saturated heterocycles. The van der Waals surface area contributed by atoms with Crippen LogP contribution in [-0.2, 0) is 17.9 Å². The van der Waals surface area contributed by atoms with Crippen molar-refractivity contribution in [3.63, 3.8) is 0 Å². The second-order valence-corrected chi connectivity index (χ2v) is 6.94. The van der Waals surface area contributed by atoms with Crippen LogP contribution in [0.4, 0.5) is 0 Å². The fourth-order valence-electron chi connectivity index (χ4n) is 3.98. The topological polar surface area (TPSA) is 36.4 Å². The number of hydrogen-bond acceptors (Lipinski definition) is 3. The summed E-state index contributed by atoms with van der Waals surface area (Å²) in [5.41, 5.74) is 2.40. The van der Waals surface area contributed by atoms with Gasteiger partial charge in [-0.1, -0.05) is 36.4 Å². The van der Waals surface area contributed by atoms with Crippen molar-refractivity contribution in [3.05, 3.63) is 66.0 Å². The van der Waals surface area contributed by atoms with E-state index >= 15 is 0 Å². The van der Waals surface area contributed by atoms with Gasteiger partial charge in [0.25, 0.3) is 0 Å². The number of aromatic nitrogens is 1. The third-order valence-corrected chi connectivity index (χ3v) is 5.22. The van der Waals surface area contributed by atoms with Crippen LogP contribution >= 0.6 is 0 Å². The van der Waals surface area contributed by atoms with Gasteiger partial charge in [-0.3, -0.25) is 14.7 Å². The van der Waals surface area contributed by atoms with E-state index in [-0.39, 0.29) is 6.04 Å². The highest BCUT2D eigenvalue weighted by Crippen LogP contribution is 2.31. The van der Waals surface area contributed by atoms with Crippen molar-refractivity contribution in [2.24, 2.45) is 5.92 Å². The molecule has 124 valence electrons. The Labute approximate surface area is 143 Å². The fourth-order valence-corrected chi connectivity index (χ4v) is 3.98. The minimum Gasteiger partial charge on any atom is -0.337 e. The van der Waals surface area contributed by atoms with Crippen LogP contribution in [-0.4, -0.2) is 39.8 Å². The Bertz CT molecular complexity index is 689. The molecule has 2 aliphatic heterocycles. The second kappa shape index (κ2) is 6.73. The molecule has 0 saturated carbocycles. The molecule has 1 aromatic carbocycles. The van der Waals surface area contributed by atoms with E-state index in [9.17, 15) is 4.79 Å². The summed E-state index contributed by atoms with van der Waals surface area (Å²) in [6.45, 7) is 3.46. The van der Waals surface area contributed by atoms with Gasteiger partial charge >= 0.3 is 0 Å². The predicted molar refractivity (Wildman–Crippen MR) is 93.0 cm³/mol. The monoisotopic (exact) mass is 321 g/mol. The number of piperidine rings is 2. The lowest BCUT2D eigenvalue weighted by atomic mass is 9.85. The predicted octanol–water partition coefficient (Wildman–Crippen LogP) is 2.70. The van der Waals surface area contributed by atoms with Crippen molar-refractivity contribution in [1.29, 1.82) is 0 Å². The molecular weight excluding hydrogens is 298 g/mol. The first kappa shape index (κ1) is 15.3. The summed E-state index contributed by atoms with van der Waals surface area (Å²) in [5, 5.41) is 0. The molecular formula is C20H23N3O. The van der Waals surface area contributed by atoms with Crippen LogP contribution in [0.2, 0.25) is 0 Å². The van der Waals surface area contributed by atoms with Gasteiger partial charge < -0.3 is 4.90 Å². The minimum absolute atomic E-state index is 0.0291. The Balaban J connectivity index is 1.48. The SMILES string of the molecule is O=C1[C@H]2C[C@H](CCN2Cc2cccnc2)CN1Cc1ccccc1. The Hall–Kier alpha value is -2.20. The molecule has 2 fully saturated rings. The first-order valence-electron chi connectivity index (χ1n) is 8.75. The number of amides is 1. The van der Waals surface area contributed by atoms with Gasteiger partial charge in [-0.15, -0.1) is 0 Å². The molecule has 4 nitrogen and oxygen atoms in total. The van der Waals surface area contributed by atoms with Crippen LogP contribution in [0.15, 0.2) is 54.9 Å². The summed E-state index contributed by atoms with van der Waals surface area (Å²) in [6.07, 6.45) is 5.88. The molecule has 2 aromatic rings. The highest BCUT2D eigenvalue weighted by molar-refractivity contribution is 5.83. The first-order valence-corrected chi connectivity index (χ1v) is 8.75. The Kier molecular flexibility index (Phi) is 4.30. The van der Waals surface area contributed by atoms with E-state index in [4.69, 9.17) is 0 Å². The Morgan fingerprint density at radius 1 is 1.04 bits per heavy atom. The molecule has 4 heteroatoms. The third-order valence-electron chi connectivity index (χ3n) is 5.22. The summed E-state index contributed by atoms with van der Waals surface area (Å²) in [7, 11) is 0. The van der Waals surface area contributed by atoms with E-state index in [1.165, 1.54) is 17.5 Å². The van der Waals surface area contributed by atoms with Crippen molar-refractivity contribution in [2.75, 3.05) is 13.1 Å². The van der Waals surface area contributed by atoms with Gasteiger partial charge in [0, 0.05) is 32.0 Å². The van der Waals surface area contributed by atoms with Crippen LogP contribution in [0, 0.1) is 5.92 Å². The van der Waals surface area contributed by atoms with Gasteiger partial charge in [-0.25, -0.2) is 0 Å². The van der Waals surface area contributed by atoms with Gasteiger partial charge in [-0.05, 0) is 42.5 Å². The zero-order chi connectivity index (χ0) is 16.4. The molecule has 24 heavy (non-hydrogen) atoms. The first-order chi connectivity index (χ1) is 11.8. The maximum Gasteiger partial charge on any atom is 0.240 e. The van der Waals surface area contributed by atoms with E-state index < -0.39 is 0 Å². The summed E-state index contributed by atoms with van der Waals surface area (Å²) >= 11 is 0. The van der Waals surface area contributed by atoms with E-state index in [1.54, 1.807) is 6.20 Å². The maximum atomic E-state index is 13.0. The van der Waals surface area contributed by atoms with Gasteiger partial charge in [0.15, 0.2) is 0 Å². The number of pyridine rings is 1. The second-order valence-electron chi connectivity index (χ2n) is 6.94. The van der Waals surface area contributed by atoms with Crippen molar-refractivity contribution < 1.29 is 4.79 Å². The van der Waals surface area contributed by atoms with Gasteiger partial charge in [0.05, 0.1) is 6.04 Å². The number of likely N-dealkylation sites (tertiary alicyclic amines) is 2. The molecule has 2 bridgehead atoms. The van der Waals surface area contributed by atoms with Gasteiger partial charge in [0.2, 0.25) is 5.91 Å². The molecule has 2 aliphatic rings. The molecule has 1 amide bonds. The number of carbonyl (C=O) groups is 1. The zero-order valence-corrected chi connectivity index (χ0v) is 13.8. The van der Waals surface area contributed by atoms with E-state index in [0.717, 1.165) is 32.6 Å². The zero-order valence-electron chi connectivity index (χ0n) is 13.8. The molecule has 0 radical (unpaired) electrons. The van der Waals surface area contributed by atoms with E-state index in [0.29, 0.717) is 11.8 Å². The van der Waals surface area contributed by atoms with Crippen LogP contribution in [0.3, 0.4) is 0 Å².